The molecule has 4 nitrogen and oxygen atoms in total. The van der Waals surface area contributed by atoms with Crippen LogP contribution in [0, 0.1) is 6.92 Å². The molecule has 1 N–H and O–H groups in total. The maximum atomic E-state index is 12.3. The van der Waals surface area contributed by atoms with Gasteiger partial charge < -0.3 is 0 Å². The summed E-state index contributed by atoms with van der Waals surface area (Å²) in [7, 11) is -3.80. The second kappa shape index (κ2) is 7.05. The summed E-state index contributed by atoms with van der Waals surface area (Å²) < 4.78 is 27.0. The Morgan fingerprint density at radius 2 is 1.68 bits per heavy atom. The van der Waals surface area contributed by atoms with Gasteiger partial charge in [-0.25, -0.2) is 8.42 Å². The van der Waals surface area contributed by atoms with Gasteiger partial charge in [0.15, 0.2) is 0 Å². The molecule has 0 saturated heterocycles. The first-order valence-electron chi connectivity index (χ1n) is 6.71. The van der Waals surface area contributed by atoms with Gasteiger partial charge in [0.2, 0.25) is 15.3 Å². The van der Waals surface area contributed by atoms with Crippen LogP contribution in [-0.4, -0.2) is 19.7 Å². The van der Waals surface area contributed by atoms with Gasteiger partial charge in [0.25, 0.3) is 0 Å². The van der Waals surface area contributed by atoms with Crippen LogP contribution in [-0.2, 0) is 21.2 Å². The van der Waals surface area contributed by atoms with E-state index in [0.717, 1.165) is 11.1 Å². The summed E-state index contributed by atoms with van der Waals surface area (Å²) in [5.74, 6) is 0. The van der Waals surface area contributed by atoms with Gasteiger partial charge in [-0.05, 0) is 42.6 Å². The van der Waals surface area contributed by atoms with Crippen molar-refractivity contribution in [3.63, 3.8) is 0 Å². The first kappa shape index (κ1) is 16.7. The molecule has 0 unspecified atom stereocenters. The average molecular weight is 338 g/mol. The molecule has 0 aliphatic heterocycles. The Morgan fingerprint density at radius 1 is 1.09 bits per heavy atom. The monoisotopic (exact) mass is 337 g/mol. The van der Waals surface area contributed by atoms with Crippen molar-refractivity contribution >= 4 is 26.9 Å². The number of sulfonamides is 1. The minimum Gasteiger partial charge on any atom is -0.279 e. The van der Waals surface area contributed by atoms with Crippen molar-refractivity contribution in [2.75, 3.05) is 0 Å². The van der Waals surface area contributed by atoms with E-state index in [-0.39, 0.29) is 11.3 Å². The van der Waals surface area contributed by atoms with Gasteiger partial charge >= 0.3 is 0 Å². The molecule has 1 atom stereocenters. The van der Waals surface area contributed by atoms with Gasteiger partial charge in [0, 0.05) is 0 Å². The minimum absolute atomic E-state index is 0.106. The minimum atomic E-state index is -3.80. The second-order valence-corrected chi connectivity index (χ2v) is 7.07. The van der Waals surface area contributed by atoms with E-state index >= 15 is 0 Å². The molecule has 0 bridgehead atoms. The van der Waals surface area contributed by atoms with Gasteiger partial charge in [-0.1, -0.05) is 48.0 Å². The molecule has 116 valence electrons. The molecule has 0 aliphatic carbocycles. The molecule has 2 aromatic rings. The van der Waals surface area contributed by atoms with E-state index in [0.29, 0.717) is 0 Å². The van der Waals surface area contributed by atoms with Crippen LogP contribution in [0.1, 0.15) is 11.1 Å². The first-order valence-corrected chi connectivity index (χ1v) is 8.57. The van der Waals surface area contributed by atoms with E-state index in [1.807, 2.05) is 37.3 Å². The highest BCUT2D eigenvalue weighted by molar-refractivity contribution is 7.89. The fourth-order valence-corrected chi connectivity index (χ4v) is 3.38. The van der Waals surface area contributed by atoms with Crippen LogP contribution in [0.15, 0.2) is 59.5 Å². The lowest BCUT2D eigenvalue weighted by atomic mass is 10.1. The maximum absolute atomic E-state index is 12.3. The largest absolute Gasteiger partial charge is 0.279 e. The summed E-state index contributed by atoms with van der Waals surface area (Å²) in [6, 6.07) is 14.5. The number of rotatable bonds is 6. The van der Waals surface area contributed by atoms with Crippen molar-refractivity contribution in [3.05, 3.63) is 65.7 Å². The van der Waals surface area contributed by atoms with E-state index in [1.54, 1.807) is 12.1 Å². The van der Waals surface area contributed by atoms with Crippen LogP contribution in [0.2, 0.25) is 0 Å². The number of carbonyl (C=O) groups excluding carboxylic acids is 1. The van der Waals surface area contributed by atoms with Crippen LogP contribution in [0.25, 0.3) is 0 Å². The van der Waals surface area contributed by atoms with E-state index < -0.39 is 21.3 Å². The summed E-state index contributed by atoms with van der Waals surface area (Å²) in [6.45, 7) is 1.87. The zero-order valence-electron chi connectivity index (χ0n) is 12.0. The standard InChI is InChI=1S/C16H16ClNO3S/c1-12-7-9-14(10-8-12)22(20,21)18-15(16(17)19)11-13-5-3-2-4-6-13/h2-10,15,18H,11H2,1H3/t15-/m1/s1. The molecule has 2 aromatic carbocycles. The average Bonchev–Trinajstić information content (AvgIpc) is 2.48. The molecular weight excluding hydrogens is 322 g/mol. The lowest BCUT2D eigenvalue weighted by Gasteiger charge is -2.15. The highest BCUT2D eigenvalue weighted by Crippen LogP contribution is 2.13. The van der Waals surface area contributed by atoms with Crippen LogP contribution in [0.3, 0.4) is 0 Å². The van der Waals surface area contributed by atoms with Crippen LogP contribution in [0.4, 0.5) is 0 Å². The molecule has 0 heterocycles. The number of aryl methyl sites for hydroxylation is 1. The van der Waals surface area contributed by atoms with E-state index in [1.165, 1.54) is 12.1 Å². The van der Waals surface area contributed by atoms with Gasteiger partial charge in [0.05, 0.1) is 10.9 Å². The third kappa shape index (κ3) is 4.40. The Hall–Kier alpha value is -1.69. The second-order valence-electron chi connectivity index (χ2n) is 4.98. The number of benzene rings is 2. The van der Waals surface area contributed by atoms with Crippen LogP contribution < -0.4 is 4.72 Å². The fourth-order valence-electron chi connectivity index (χ4n) is 1.99. The van der Waals surface area contributed by atoms with Crippen LogP contribution >= 0.6 is 11.6 Å². The maximum Gasteiger partial charge on any atom is 0.241 e. The Kier molecular flexibility index (Phi) is 5.34. The molecule has 0 amide bonds. The van der Waals surface area contributed by atoms with Crippen molar-refractivity contribution in [3.8, 4) is 0 Å². The summed E-state index contributed by atoms with van der Waals surface area (Å²) in [5.41, 5.74) is 1.78. The molecule has 22 heavy (non-hydrogen) atoms. The van der Waals surface area contributed by atoms with Crippen molar-refractivity contribution in [1.82, 2.24) is 4.72 Å². The van der Waals surface area contributed by atoms with Gasteiger partial charge in [-0.3, -0.25) is 4.79 Å². The quantitative estimate of drug-likeness (QED) is 0.824. The number of carbonyl (C=O) groups is 1. The number of hydrogen-bond acceptors (Lipinski definition) is 3. The summed E-state index contributed by atoms with van der Waals surface area (Å²) in [5, 5.41) is -0.737. The third-order valence-corrected chi connectivity index (χ3v) is 4.94. The zero-order chi connectivity index (χ0) is 16.2. The highest BCUT2D eigenvalue weighted by Gasteiger charge is 2.24. The predicted molar refractivity (Wildman–Crippen MR) is 86.3 cm³/mol. The third-order valence-electron chi connectivity index (χ3n) is 3.19. The molecule has 0 saturated carbocycles. The van der Waals surface area contributed by atoms with Crippen molar-refractivity contribution < 1.29 is 13.2 Å². The lowest BCUT2D eigenvalue weighted by molar-refractivity contribution is -0.113. The topological polar surface area (TPSA) is 63.2 Å². The molecule has 0 radical (unpaired) electrons. The first-order chi connectivity index (χ1) is 10.4. The van der Waals surface area contributed by atoms with Gasteiger partial charge in [-0.15, -0.1) is 0 Å². The van der Waals surface area contributed by atoms with Crippen LogP contribution in [0.5, 0.6) is 0 Å². The van der Waals surface area contributed by atoms with Crippen molar-refractivity contribution in [2.45, 2.75) is 24.3 Å². The predicted octanol–water partition coefficient (Wildman–Crippen LogP) is 2.65. The van der Waals surface area contributed by atoms with E-state index in [2.05, 4.69) is 4.72 Å². The summed E-state index contributed by atoms with van der Waals surface area (Å²) in [4.78, 5) is 11.7. The lowest BCUT2D eigenvalue weighted by Crippen LogP contribution is -2.40. The normalized spacial score (nSPS) is 12.8. The Labute approximate surface area is 135 Å². The van der Waals surface area contributed by atoms with Gasteiger partial charge in [0.1, 0.15) is 0 Å². The highest BCUT2D eigenvalue weighted by atomic mass is 35.5. The molecule has 0 fully saturated rings. The van der Waals surface area contributed by atoms with Gasteiger partial charge in [-0.2, -0.15) is 4.72 Å². The number of nitrogens with one attached hydrogen (secondary N) is 1. The Bertz CT molecular complexity index is 743. The summed E-state index contributed by atoms with van der Waals surface area (Å²) in [6.07, 6.45) is 0.203. The fraction of sp³-hybridized carbons (Fsp3) is 0.188. The van der Waals surface area contributed by atoms with E-state index in [4.69, 9.17) is 11.6 Å². The molecule has 0 spiro atoms. The Balaban J connectivity index is 2.20. The number of hydrogen-bond donors (Lipinski definition) is 1. The Morgan fingerprint density at radius 3 is 2.23 bits per heavy atom. The number of halogens is 1. The molecule has 2 rings (SSSR count). The molecule has 0 aliphatic rings. The molecule has 6 heteroatoms. The zero-order valence-corrected chi connectivity index (χ0v) is 13.6. The van der Waals surface area contributed by atoms with E-state index in [9.17, 15) is 13.2 Å². The summed E-state index contributed by atoms with van der Waals surface area (Å²) >= 11 is 5.55. The van der Waals surface area contributed by atoms with Crippen molar-refractivity contribution in [2.24, 2.45) is 0 Å². The SMILES string of the molecule is Cc1ccc(S(=O)(=O)N[C@H](Cc2ccccc2)C(=O)Cl)cc1. The smallest absolute Gasteiger partial charge is 0.241 e. The molecule has 0 aromatic heterocycles. The van der Waals surface area contributed by atoms with Crippen molar-refractivity contribution in [1.29, 1.82) is 0 Å². The molecular formula is C16H16ClNO3S.